The van der Waals surface area contributed by atoms with Crippen molar-refractivity contribution in [1.29, 1.82) is 0 Å². The Bertz CT molecular complexity index is 1490. The molecule has 4 aromatic carbocycles. The molecule has 0 saturated heterocycles. The minimum absolute atomic E-state index is 0.0292. The lowest BCUT2D eigenvalue weighted by atomic mass is 10.1. The van der Waals surface area contributed by atoms with E-state index < -0.39 is 0 Å². The summed E-state index contributed by atoms with van der Waals surface area (Å²) in [6.45, 7) is 0. The predicted octanol–water partition coefficient (Wildman–Crippen LogP) is 7.39. The molecule has 0 radical (unpaired) electrons. The summed E-state index contributed by atoms with van der Waals surface area (Å²) in [5.74, 6) is 0.581. The van der Waals surface area contributed by atoms with E-state index in [2.05, 4.69) is 65.6 Å². The Kier molecular flexibility index (Phi) is 4.18. The first kappa shape index (κ1) is 18.0. The van der Waals surface area contributed by atoms with Gasteiger partial charge in [-0.25, -0.2) is 0 Å². The van der Waals surface area contributed by atoms with Gasteiger partial charge in [0.15, 0.2) is 5.43 Å². The summed E-state index contributed by atoms with van der Waals surface area (Å²) in [5, 5.41) is 0.600. The van der Waals surface area contributed by atoms with Crippen molar-refractivity contribution in [2.75, 3.05) is 4.90 Å². The summed E-state index contributed by atoms with van der Waals surface area (Å²) in [4.78, 5) is 17.2. The van der Waals surface area contributed by atoms with Crippen LogP contribution >= 0.6 is 11.8 Å². The summed E-state index contributed by atoms with van der Waals surface area (Å²) in [7, 11) is 0. The fourth-order valence-corrected chi connectivity index (χ4v) is 5.11. The number of anilines is 3. The molecule has 1 aliphatic rings. The van der Waals surface area contributed by atoms with Crippen LogP contribution in [-0.4, -0.2) is 0 Å². The maximum atomic E-state index is 12.6. The third kappa shape index (κ3) is 3.04. The van der Waals surface area contributed by atoms with E-state index >= 15 is 0 Å². The van der Waals surface area contributed by atoms with Crippen molar-refractivity contribution in [3.63, 3.8) is 0 Å². The topological polar surface area (TPSA) is 33.5 Å². The lowest BCUT2D eigenvalue weighted by Gasteiger charge is -2.33. The first-order valence-electron chi connectivity index (χ1n) is 10.1. The molecule has 0 aliphatic carbocycles. The Labute approximate surface area is 183 Å². The summed E-state index contributed by atoms with van der Waals surface area (Å²) < 4.78 is 6.08. The minimum Gasteiger partial charge on any atom is -0.456 e. The van der Waals surface area contributed by atoms with Crippen LogP contribution in [0.15, 0.2) is 122 Å². The van der Waals surface area contributed by atoms with Gasteiger partial charge in [-0.3, -0.25) is 4.79 Å². The fraction of sp³-hybridized carbons (Fsp3) is 0. The number of benzene rings is 4. The van der Waals surface area contributed by atoms with Crippen LogP contribution in [0.4, 0.5) is 17.1 Å². The zero-order chi connectivity index (χ0) is 20.8. The van der Waals surface area contributed by atoms with E-state index in [0.717, 1.165) is 27.5 Å². The normalized spacial score (nSPS) is 12.5. The van der Waals surface area contributed by atoms with Gasteiger partial charge in [0.05, 0.1) is 16.8 Å². The second kappa shape index (κ2) is 7.18. The number of hydrogen-bond acceptors (Lipinski definition) is 4. The molecule has 3 nitrogen and oxygen atoms in total. The summed E-state index contributed by atoms with van der Waals surface area (Å²) in [5.41, 5.74) is 4.85. The van der Waals surface area contributed by atoms with Crippen LogP contribution in [0.2, 0.25) is 0 Å². The number of hydrogen-bond donors (Lipinski definition) is 0. The van der Waals surface area contributed by atoms with Gasteiger partial charge >= 0.3 is 0 Å². The van der Waals surface area contributed by atoms with Crippen LogP contribution in [0, 0.1) is 0 Å². The predicted molar refractivity (Wildman–Crippen MR) is 127 cm³/mol. The van der Waals surface area contributed by atoms with Gasteiger partial charge in [0.1, 0.15) is 11.3 Å². The van der Waals surface area contributed by atoms with E-state index in [4.69, 9.17) is 4.42 Å². The van der Waals surface area contributed by atoms with Crippen molar-refractivity contribution < 1.29 is 4.42 Å². The molecule has 0 atom stereocenters. The third-order valence-corrected chi connectivity index (χ3v) is 6.57. The first-order chi connectivity index (χ1) is 15.3. The number of para-hydroxylation sites is 3. The maximum Gasteiger partial charge on any atom is 0.193 e. The molecule has 31 heavy (non-hydrogen) atoms. The Morgan fingerprint density at radius 1 is 0.677 bits per heavy atom. The van der Waals surface area contributed by atoms with E-state index in [1.807, 2.05) is 30.3 Å². The lowest BCUT2D eigenvalue weighted by Crippen LogP contribution is -2.14. The van der Waals surface area contributed by atoms with Crippen LogP contribution in [0.3, 0.4) is 0 Å². The average molecular weight is 420 g/mol. The summed E-state index contributed by atoms with van der Waals surface area (Å²) >= 11 is 1.74. The zero-order valence-electron chi connectivity index (χ0n) is 16.5. The fourth-order valence-electron chi connectivity index (χ4n) is 4.01. The molecule has 1 aliphatic heterocycles. The molecule has 0 fully saturated rings. The molecule has 0 bridgehead atoms. The van der Waals surface area contributed by atoms with Gasteiger partial charge in [-0.05, 0) is 54.6 Å². The van der Waals surface area contributed by atoms with Gasteiger partial charge in [0, 0.05) is 27.1 Å². The lowest BCUT2D eigenvalue weighted by molar-refractivity contribution is 0.619. The highest BCUT2D eigenvalue weighted by molar-refractivity contribution is 7.99. The Hall–Kier alpha value is -3.76. The van der Waals surface area contributed by atoms with Crippen LogP contribution in [0.5, 0.6) is 0 Å². The molecule has 6 rings (SSSR count). The molecule has 5 aromatic rings. The van der Waals surface area contributed by atoms with Crippen molar-refractivity contribution >= 4 is 39.8 Å². The highest BCUT2D eigenvalue weighted by atomic mass is 32.2. The average Bonchev–Trinajstić information content (AvgIpc) is 2.82. The van der Waals surface area contributed by atoms with E-state index in [9.17, 15) is 4.79 Å². The number of nitrogens with zero attached hydrogens (tertiary/aromatic N) is 1. The van der Waals surface area contributed by atoms with Gasteiger partial charge in [-0.2, -0.15) is 0 Å². The van der Waals surface area contributed by atoms with Gasteiger partial charge < -0.3 is 9.32 Å². The highest BCUT2D eigenvalue weighted by Gasteiger charge is 2.25. The second-order valence-electron chi connectivity index (χ2n) is 7.39. The Balaban J connectivity index is 1.52. The summed E-state index contributed by atoms with van der Waals surface area (Å²) in [6, 6.07) is 34.0. The van der Waals surface area contributed by atoms with Crippen LogP contribution in [0.1, 0.15) is 0 Å². The van der Waals surface area contributed by atoms with E-state index in [0.29, 0.717) is 16.7 Å². The van der Waals surface area contributed by atoms with Gasteiger partial charge in [-0.1, -0.05) is 54.2 Å². The van der Waals surface area contributed by atoms with Crippen molar-refractivity contribution in [3.8, 4) is 11.3 Å². The highest BCUT2D eigenvalue weighted by Crippen LogP contribution is 2.52. The maximum absolute atomic E-state index is 12.6. The number of rotatable bonds is 2. The molecule has 0 unspecified atom stereocenters. The molecule has 0 amide bonds. The molecule has 0 spiro atoms. The van der Waals surface area contributed by atoms with Crippen LogP contribution < -0.4 is 10.3 Å². The van der Waals surface area contributed by atoms with Crippen molar-refractivity contribution in [3.05, 3.63) is 113 Å². The van der Waals surface area contributed by atoms with Crippen LogP contribution in [0.25, 0.3) is 22.3 Å². The molecule has 0 N–H and O–H groups in total. The van der Waals surface area contributed by atoms with E-state index in [1.165, 1.54) is 4.90 Å². The Morgan fingerprint density at radius 2 is 1.42 bits per heavy atom. The monoisotopic (exact) mass is 419 g/mol. The van der Waals surface area contributed by atoms with E-state index in [1.54, 1.807) is 23.9 Å². The molecule has 1 aromatic heterocycles. The minimum atomic E-state index is -0.0292. The van der Waals surface area contributed by atoms with Gasteiger partial charge in [-0.15, -0.1) is 0 Å². The standard InChI is InChI=1S/C27H17NO2S/c29-23-17-25(30-24-12-6-4-10-20(23)24)18-14-15-22-27(16-18)31-26-13-7-5-11-21(26)28(22)19-8-2-1-3-9-19/h1-17H. The quantitative estimate of drug-likeness (QED) is 0.293. The third-order valence-electron chi connectivity index (χ3n) is 5.46. The van der Waals surface area contributed by atoms with Crippen molar-refractivity contribution in [1.82, 2.24) is 0 Å². The largest absolute Gasteiger partial charge is 0.456 e. The summed E-state index contributed by atoms with van der Waals surface area (Å²) in [6.07, 6.45) is 0. The molecular weight excluding hydrogens is 402 g/mol. The Morgan fingerprint density at radius 3 is 2.32 bits per heavy atom. The van der Waals surface area contributed by atoms with Gasteiger partial charge in [0.2, 0.25) is 0 Å². The zero-order valence-corrected chi connectivity index (χ0v) is 17.3. The molecule has 148 valence electrons. The second-order valence-corrected chi connectivity index (χ2v) is 8.48. The number of fused-ring (bicyclic) bond motifs is 3. The smallest absolute Gasteiger partial charge is 0.193 e. The molecule has 4 heteroatoms. The van der Waals surface area contributed by atoms with E-state index in [-0.39, 0.29) is 5.43 Å². The first-order valence-corrected chi connectivity index (χ1v) is 10.9. The molecule has 0 saturated carbocycles. The van der Waals surface area contributed by atoms with Crippen molar-refractivity contribution in [2.24, 2.45) is 0 Å². The van der Waals surface area contributed by atoms with Crippen LogP contribution in [-0.2, 0) is 0 Å². The SMILES string of the molecule is O=c1cc(-c2ccc3c(c2)Sc2ccccc2N3c2ccccc2)oc2ccccc12. The molecular formula is C27H17NO2S. The van der Waals surface area contributed by atoms with Crippen molar-refractivity contribution in [2.45, 2.75) is 9.79 Å². The molecule has 2 heterocycles. The van der Waals surface area contributed by atoms with Gasteiger partial charge in [0.25, 0.3) is 0 Å².